The lowest BCUT2D eigenvalue weighted by molar-refractivity contribution is -0.139. The van der Waals surface area contributed by atoms with E-state index in [9.17, 15) is 14.4 Å². The van der Waals surface area contributed by atoms with Gasteiger partial charge in [-0.3, -0.25) is 9.80 Å². The Kier molecular flexibility index (Phi) is 8.92. The second-order valence-corrected chi connectivity index (χ2v) is 8.52. The van der Waals surface area contributed by atoms with Crippen LogP contribution in [0.1, 0.15) is 44.4 Å². The van der Waals surface area contributed by atoms with E-state index in [4.69, 9.17) is 4.74 Å². The summed E-state index contributed by atoms with van der Waals surface area (Å²) >= 11 is 0. The Morgan fingerprint density at radius 1 is 1.12 bits per heavy atom. The highest BCUT2D eigenvalue weighted by atomic mass is 16.5. The monoisotopic (exact) mass is 471 g/mol. The molecule has 1 fully saturated rings. The number of hydrogen-bond donors (Lipinski definition) is 2. The van der Waals surface area contributed by atoms with E-state index in [0.29, 0.717) is 50.5 Å². The lowest BCUT2D eigenvalue weighted by atomic mass is 9.91. The molecule has 2 heterocycles. The van der Waals surface area contributed by atoms with E-state index in [1.807, 2.05) is 49.9 Å². The van der Waals surface area contributed by atoms with E-state index in [0.717, 1.165) is 24.1 Å². The van der Waals surface area contributed by atoms with Crippen LogP contribution in [0.4, 0.5) is 9.59 Å². The van der Waals surface area contributed by atoms with Crippen LogP contribution in [-0.2, 0) is 9.53 Å². The van der Waals surface area contributed by atoms with E-state index in [2.05, 4.69) is 15.5 Å². The molecule has 1 atom stereocenters. The second kappa shape index (κ2) is 11.9. The summed E-state index contributed by atoms with van der Waals surface area (Å²) in [7, 11) is 0. The Labute approximate surface area is 202 Å². The SMILES string of the molecule is CCNC(=O)N1CCCN(CC2=C(C(=O)OCC)[C@H](c3ccccc3C)NC(=O)N2CC)CC1. The van der Waals surface area contributed by atoms with Crippen LogP contribution in [0.3, 0.4) is 0 Å². The maximum atomic E-state index is 13.3. The molecule has 4 amide bonds. The molecule has 9 heteroatoms. The molecular formula is C25H37N5O4. The Morgan fingerprint density at radius 3 is 2.56 bits per heavy atom. The lowest BCUT2D eigenvalue weighted by Crippen LogP contribution is -2.51. The third-order valence-corrected chi connectivity index (χ3v) is 6.33. The van der Waals surface area contributed by atoms with Gasteiger partial charge in [-0.05, 0) is 45.2 Å². The molecule has 1 aromatic carbocycles. The molecule has 0 unspecified atom stereocenters. The van der Waals surface area contributed by atoms with Crippen molar-refractivity contribution in [3.63, 3.8) is 0 Å². The quantitative estimate of drug-likeness (QED) is 0.597. The summed E-state index contributed by atoms with van der Waals surface area (Å²) < 4.78 is 5.47. The van der Waals surface area contributed by atoms with Crippen molar-refractivity contribution in [2.24, 2.45) is 0 Å². The zero-order valence-corrected chi connectivity index (χ0v) is 20.7. The first kappa shape index (κ1) is 25.6. The zero-order chi connectivity index (χ0) is 24.7. The number of benzene rings is 1. The van der Waals surface area contributed by atoms with Crippen LogP contribution in [-0.4, -0.2) is 85.2 Å². The van der Waals surface area contributed by atoms with Crippen molar-refractivity contribution >= 4 is 18.0 Å². The van der Waals surface area contributed by atoms with Crippen molar-refractivity contribution in [2.75, 3.05) is 52.4 Å². The fourth-order valence-corrected chi connectivity index (χ4v) is 4.61. The fraction of sp³-hybridized carbons (Fsp3) is 0.560. The summed E-state index contributed by atoms with van der Waals surface area (Å²) in [4.78, 5) is 44.4. The average molecular weight is 472 g/mol. The van der Waals surface area contributed by atoms with Gasteiger partial charge < -0.3 is 20.3 Å². The van der Waals surface area contributed by atoms with E-state index in [1.165, 1.54) is 0 Å². The van der Waals surface area contributed by atoms with Gasteiger partial charge in [-0.1, -0.05) is 24.3 Å². The molecule has 9 nitrogen and oxygen atoms in total. The average Bonchev–Trinajstić information content (AvgIpc) is 3.05. The first-order chi connectivity index (χ1) is 16.4. The number of carbonyl (C=O) groups is 3. The molecule has 0 aliphatic carbocycles. The van der Waals surface area contributed by atoms with E-state index < -0.39 is 12.0 Å². The van der Waals surface area contributed by atoms with Crippen LogP contribution < -0.4 is 10.6 Å². The zero-order valence-electron chi connectivity index (χ0n) is 20.7. The number of likely N-dealkylation sites (N-methyl/N-ethyl adjacent to an activating group) is 1. The second-order valence-electron chi connectivity index (χ2n) is 8.52. The third kappa shape index (κ3) is 5.70. The predicted octanol–water partition coefficient (Wildman–Crippen LogP) is 2.64. The maximum absolute atomic E-state index is 13.3. The summed E-state index contributed by atoms with van der Waals surface area (Å²) in [5, 5.41) is 5.89. The summed E-state index contributed by atoms with van der Waals surface area (Å²) in [5.41, 5.74) is 3.02. The fourth-order valence-electron chi connectivity index (χ4n) is 4.61. The van der Waals surface area contributed by atoms with E-state index in [1.54, 1.807) is 11.8 Å². The van der Waals surface area contributed by atoms with Crippen molar-refractivity contribution in [1.82, 2.24) is 25.3 Å². The molecule has 0 aromatic heterocycles. The minimum atomic E-state index is -0.579. The molecule has 2 aliphatic heterocycles. The highest BCUT2D eigenvalue weighted by Crippen LogP contribution is 2.33. The van der Waals surface area contributed by atoms with Gasteiger partial charge >= 0.3 is 18.0 Å². The molecule has 1 aromatic rings. The number of hydrogen-bond acceptors (Lipinski definition) is 5. The molecule has 2 aliphatic rings. The van der Waals surface area contributed by atoms with Crippen LogP contribution in [0.15, 0.2) is 35.5 Å². The smallest absolute Gasteiger partial charge is 0.338 e. The number of carbonyl (C=O) groups excluding carboxylic acids is 3. The van der Waals surface area contributed by atoms with Crippen molar-refractivity contribution in [3.8, 4) is 0 Å². The van der Waals surface area contributed by atoms with Gasteiger partial charge in [-0.25, -0.2) is 14.4 Å². The van der Waals surface area contributed by atoms with Crippen LogP contribution >= 0.6 is 0 Å². The summed E-state index contributed by atoms with van der Waals surface area (Å²) in [5.74, 6) is -0.414. The van der Waals surface area contributed by atoms with E-state index >= 15 is 0 Å². The summed E-state index contributed by atoms with van der Waals surface area (Å²) in [6.07, 6.45) is 0.818. The number of nitrogens with zero attached hydrogens (tertiary/aromatic N) is 3. The van der Waals surface area contributed by atoms with Gasteiger partial charge in [0.15, 0.2) is 0 Å². The molecular weight excluding hydrogens is 434 g/mol. The van der Waals surface area contributed by atoms with Gasteiger partial charge in [0.05, 0.1) is 18.2 Å². The van der Waals surface area contributed by atoms with Crippen molar-refractivity contribution in [3.05, 3.63) is 46.7 Å². The minimum absolute atomic E-state index is 0.0531. The molecule has 2 N–H and O–H groups in total. The van der Waals surface area contributed by atoms with Crippen LogP contribution in [0.5, 0.6) is 0 Å². The Bertz CT molecular complexity index is 932. The number of aryl methyl sites for hydroxylation is 1. The molecule has 0 spiro atoms. The van der Waals surface area contributed by atoms with Gasteiger partial charge in [-0.15, -0.1) is 0 Å². The first-order valence-corrected chi connectivity index (χ1v) is 12.2. The van der Waals surface area contributed by atoms with Crippen molar-refractivity contribution in [1.29, 1.82) is 0 Å². The highest BCUT2D eigenvalue weighted by molar-refractivity contribution is 5.95. The normalized spacial score (nSPS) is 19.5. The number of esters is 1. The largest absolute Gasteiger partial charge is 0.463 e. The van der Waals surface area contributed by atoms with Crippen molar-refractivity contribution < 1.29 is 19.1 Å². The molecule has 0 saturated carbocycles. The van der Waals surface area contributed by atoms with Crippen LogP contribution in [0.25, 0.3) is 0 Å². The number of rotatable bonds is 7. The molecule has 3 rings (SSSR count). The van der Waals surface area contributed by atoms with Gasteiger partial charge in [-0.2, -0.15) is 0 Å². The molecule has 0 radical (unpaired) electrons. The van der Waals surface area contributed by atoms with Crippen molar-refractivity contribution in [2.45, 2.75) is 40.2 Å². The predicted molar refractivity (Wildman–Crippen MR) is 130 cm³/mol. The molecule has 1 saturated heterocycles. The van der Waals surface area contributed by atoms with Gasteiger partial charge in [0.1, 0.15) is 0 Å². The van der Waals surface area contributed by atoms with Gasteiger partial charge in [0.2, 0.25) is 0 Å². The first-order valence-electron chi connectivity index (χ1n) is 12.2. The highest BCUT2D eigenvalue weighted by Gasteiger charge is 2.38. The van der Waals surface area contributed by atoms with Gasteiger partial charge in [0, 0.05) is 51.5 Å². The molecule has 186 valence electrons. The van der Waals surface area contributed by atoms with Crippen LogP contribution in [0.2, 0.25) is 0 Å². The Morgan fingerprint density at radius 2 is 1.88 bits per heavy atom. The van der Waals surface area contributed by atoms with E-state index in [-0.39, 0.29) is 18.7 Å². The molecule has 34 heavy (non-hydrogen) atoms. The topological polar surface area (TPSA) is 94.2 Å². The van der Waals surface area contributed by atoms with Gasteiger partial charge in [0.25, 0.3) is 0 Å². The minimum Gasteiger partial charge on any atom is -0.463 e. The number of amides is 4. The number of nitrogens with one attached hydrogen (secondary N) is 2. The Balaban J connectivity index is 1.97. The Hall–Kier alpha value is -3.07. The summed E-state index contributed by atoms with van der Waals surface area (Å²) in [6.45, 7) is 12.0. The lowest BCUT2D eigenvalue weighted by Gasteiger charge is -2.38. The molecule has 0 bridgehead atoms. The summed E-state index contributed by atoms with van der Waals surface area (Å²) in [6, 6.07) is 6.90. The van der Waals surface area contributed by atoms with Crippen LogP contribution in [0, 0.1) is 6.92 Å². The standard InChI is InChI=1S/C25H37N5O4/c1-5-26-24(32)29-14-10-13-28(15-16-29)17-20-21(23(31)34-7-3)22(27-25(33)30(20)6-2)19-12-9-8-11-18(19)4/h8-9,11-12,22H,5-7,10,13-17H2,1-4H3,(H,26,32)(H,27,33)/t22-/m0/s1. The number of ether oxygens (including phenoxy) is 1. The third-order valence-electron chi connectivity index (χ3n) is 6.33. The number of urea groups is 2. The maximum Gasteiger partial charge on any atom is 0.338 e.